The highest BCUT2D eigenvalue weighted by molar-refractivity contribution is 5.95. The molecule has 1 fully saturated rings. The molecular formula is C29H42N6O6. The zero-order valence-corrected chi connectivity index (χ0v) is 24.5. The van der Waals surface area contributed by atoms with Crippen LogP contribution in [0.25, 0.3) is 0 Å². The van der Waals surface area contributed by atoms with Crippen LogP contribution < -0.4 is 15.8 Å². The number of hydrogen-bond donors (Lipinski definition) is 3. The molecule has 41 heavy (non-hydrogen) atoms. The number of likely N-dealkylation sites (N-methyl/N-ethyl adjacent to an activating group) is 1. The lowest BCUT2D eigenvalue weighted by Crippen LogP contribution is -2.62. The number of nitrogens with one attached hydrogen (secondary N) is 1. The topological polar surface area (TPSA) is 150 Å². The zero-order valence-electron chi connectivity index (χ0n) is 24.5. The normalized spacial score (nSPS) is 22.1. The summed E-state index contributed by atoms with van der Waals surface area (Å²) in [5, 5.41) is 12.3. The highest BCUT2D eigenvalue weighted by atomic mass is 16.6. The highest BCUT2D eigenvalue weighted by Crippen LogP contribution is 2.39. The largest absolute Gasteiger partial charge is 0.494 e. The summed E-state index contributed by atoms with van der Waals surface area (Å²) < 4.78 is 11.5. The third kappa shape index (κ3) is 6.75. The zero-order chi connectivity index (χ0) is 29.9. The summed E-state index contributed by atoms with van der Waals surface area (Å²) in [6.07, 6.45) is 5.09. The number of rotatable bonds is 9. The van der Waals surface area contributed by atoms with Gasteiger partial charge in [0.1, 0.15) is 35.0 Å². The molecule has 0 saturated heterocycles. The fourth-order valence-electron chi connectivity index (χ4n) is 5.41. The Labute approximate surface area is 241 Å². The number of carboxylic acid groups (broad SMARTS) is 1. The summed E-state index contributed by atoms with van der Waals surface area (Å²) in [5.74, 6) is 0.0986. The second kappa shape index (κ2) is 12.4. The van der Waals surface area contributed by atoms with Gasteiger partial charge in [0.15, 0.2) is 0 Å². The first-order valence-electron chi connectivity index (χ1n) is 14.2. The number of carboxylic acids is 1. The molecule has 2 heterocycles. The number of amides is 2. The van der Waals surface area contributed by atoms with E-state index in [-0.39, 0.29) is 25.0 Å². The van der Waals surface area contributed by atoms with Crippen molar-refractivity contribution in [2.24, 2.45) is 10.7 Å². The molecule has 3 aliphatic rings. The molecule has 2 unspecified atom stereocenters. The SMILES string of the molecule is CC[C@@H]1C(=O)N(C)C2=C(N(C(=O)OC(C)(C)C)C(Nc3ccc(OCCC(N)C(=O)O)cc3)N=C2)N1C1CCCC1. The first kappa shape index (κ1) is 30.2. The second-order valence-electron chi connectivity index (χ2n) is 11.6. The maximum Gasteiger partial charge on any atom is 0.419 e. The molecule has 1 aromatic rings. The van der Waals surface area contributed by atoms with E-state index in [2.05, 4.69) is 15.2 Å². The Hall–Kier alpha value is -3.80. The van der Waals surface area contributed by atoms with Gasteiger partial charge in [-0.2, -0.15) is 0 Å². The van der Waals surface area contributed by atoms with Gasteiger partial charge in [0.05, 0.1) is 12.8 Å². The lowest BCUT2D eigenvalue weighted by atomic mass is 10.0. The predicted octanol–water partition coefficient (Wildman–Crippen LogP) is 3.55. The van der Waals surface area contributed by atoms with Crippen molar-refractivity contribution >= 4 is 29.9 Å². The molecule has 12 heteroatoms. The minimum absolute atomic E-state index is 0.0138. The van der Waals surface area contributed by atoms with Crippen LogP contribution in [0.3, 0.4) is 0 Å². The van der Waals surface area contributed by atoms with Crippen molar-refractivity contribution in [1.29, 1.82) is 0 Å². The van der Waals surface area contributed by atoms with Crippen molar-refractivity contribution in [2.45, 2.75) is 96.2 Å². The van der Waals surface area contributed by atoms with Gasteiger partial charge in [0.25, 0.3) is 0 Å². The van der Waals surface area contributed by atoms with Crippen LogP contribution in [0.5, 0.6) is 5.75 Å². The Balaban J connectivity index is 1.63. The maximum atomic E-state index is 13.8. The Bertz CT molecular complexity index is 1190. The van der Waals surface area contributed by atoms with Gasteiger partial charge in [-0.25, -0.2) is 14.7 Å². The first-order chi connectivity index (χ1) is 19.4. The standard InChI is InChI=1S/C29H42N6O6/c1-6-22-25(36)33(5)23-17-31-27(32-18-11-13-20(14-12-18)40-16-15-21(30)26(37)38)35(28(39)41-29(2,3)4)24(23)34(22)19-9-7-8-10-19/h11-14,17,19,21-22,27,32H,6-10,15-16,30H2,1-5H3,(H,37,38)/t21?,22-,27?/m1/s1. The van der Waals surface area contributed by atoms with Gasteiger partial charge in [-0.15, -0.1) is 0 Å². The van der Waals surface area contributed by atoms with E-state index < -0.39 is 36.0 Å². The highest BCUT2D eigenvalue weighted by Gasteiger charge is 2.48. The molecular weight excluding hydrogens is 528 g/mol. The number of aliphatic imine (C=N–C) groups is 1. The van der Waals surface area contributed by atoms with Crippen LogP contribution in [0.4, 0.5) is 10.5 Å². The third-order valence-corrected chi connectivity index (χ3v) is 7.46. The van der Waals surface area contributed by atoms with E-state index in [1.54, 1.807) is 42.4 Å². The number of aliphatic carboxylic acids is 1. The van der Waals surface area contributed by atoms with Crippen molar-refractivity contribution in [3.63, 3.8) is 0 Å². The third-order valence-electron chi connectivity index (χ3n) is 7.46. The summed E-state index contributed by atoms with van der Waals surface area (Å²) in [7, 11) is 1.72. The smallest absolute Gasteiger partial charge is 0.419 e. The molecule has 2 amide bonds. The van der Waals surface area contributed by atoms with Crippen LogP contribution in [0, 0.1) is 0 Å². The summed E-state index contributed by atoms with van der Waals surface area (Å²) in [6.45, 7) is 7.61. The number of carbonyl (C=O) groups is 3. The molecule has 1 saturated carbocycles. The summed E-state index contributed by atoms with van der Waals surface area (Å²) in [4.78, 5) is 48.1. The number of nitrogens with two attached hydrogens (primary N) is 1. The number of ether oxygens (including phenoxy) is 2. The molecule has 0 radical (unpaired) electrons. The summed E-state index contributed by atoms with van der Waals surface area (Å²) in [5.41, 5.74) is 6.04. The van der Waals surface area contributed by atoms with Crippen LogP contribution in [-0.4, -0.2) is 87.7 Å². The lowest BCUT2D eigenvalue weighted by Gasteiger charge is -2.50. The Morgan fingerprint density at radius 1 is 1.20 bits per heavy atom. The van der Waals surface area contributed by atoms with Crippen LogP contribution in [0.2, 0.25) is 0 Å². The second-order valence-corrected chi connectivity index (χ2v) is 11.6. The van der Waals surface area contributed by atoms with E-state index in [1.165, 1.54) is 4.90 Å². The van der Waals surface area contributed by atoms with Crippen molar-refractivity contribution in [3.05, 3.63) is 35.8 Å². The molecule has 0 aromatic heterocycles. The average Bonchev–Trinajstić information content (AvgIpc) is 3.44. The fourth-order valence-corrected chi connectivity index (χ4v) is 5.41. The number of carbonyl (C=O) groups excluding carboxylic acids is 2. The molecule has 12 nitrogen and oxygen atoms in total. The number of benzene rings is 1. The monoisotopic (exact) mass is 570 g/mol. The fraction of sp³-hybridized carbons (Fsp3) is 0.586. The van der Waals surface area contributed by atoms with E-state index in [0.717, 1.165) is 25.7 Å². The van der Waals surface area contributed by atoms with Gasteiger partial charge in [0.2, 0.25) is 12.2 Å². The van der Waals surface area contributed by atoms with Crippen molar-refractivity contribution in [3.8, 4) is 5.75 Å². The van der Waals surface area contributed by atoms with Gasteiger partial charge in [-0.05, 0) is 64.3 Å². The number of hydrogen-bond acceptors (Lipinski definition) is 9. The molecule has 2 aliphatic heterocycles. The molecule has 0 spiro atoms. The number of allylic oxidation sites excluding steroid dienone is 1. The van der Waals surface area contributed by atoms with Gasteiger partial charge < -0.3 is 35.4 Å². The van der Waals surface area contributed by atoms with E-state index in [4.69, 9.17) is 20.3 Å². The minimum Gasteiger partial charge on any atom is -0.494 e. The number of nitrogens with zero attached hydrogens (tertiary/aromatic N) is 4. The summed E-state index contributed by atoms with van der Waals surface area (Å²) in [6, 6.07) is 5.82. The average molecular weight is 571 g/mol. The molecule has 3 atom stereocenters. The summed E-state index contributed by atoms with van der Waals surface area (Å²) >= 11 is 0. The van der Waals surface area contributed by atoms with Gasteiger partial charge in [0, 0.05) is 25.2 Å². The first-order valence-corrected chi connectivity index (χ1v) is 14.2. The van der Waals surface area contributed by atoms with Crippen LogP contribution in [0.1, 0.15) is 66.2 Å². The minimum atomic E-state index is -1.07. The molecule has 0 bridgehead atoms. The molecule has 4 N–H and O–H groups in total. The molecule has 1 aliphatic carbocycles. The van der Waals surface area contributed by atoms with E-state index in [1.807, 2.05) is 27.7 Å². The van der Waals surface area contributed by atoms with E-state index in [9.17, 15) is 14.4 Å². The number of anilines is 1. The Morgan fingerprint density at radius 2 is 1.85 bits per heavy atom. The van der Waals surface area contributed by atoms with E-state index >= 15 is 0 Å². The van der Waals surface area contributed by atoms with E-state index in [0.29, 0.717) is 29.4 Å². The maximum absolute atomic E-state index is 13.8. The van der Waals surface area contributed by atoms with Gasteiger partial charge in [-0.3, -0.25) is 9.59 Å². The quantitative estimate of drug-likeness (QED) is 0.405. The lowest BCUT2D eigenvalue weighted by molar-refractivity contribution is -0.139. The molecule has 4 rings (SSSR count). The Morgan fingerprint density at radius 3 is 2.44 bits per heavy atom. The van der Waals surface area contributed by atoms with Crippen molar-refractivity contribution in [2.75, 3.05) is 19.0 Å². The molecule has 224 valence electrons. The van der Waals surface area contributed by atoms with Gasteiger partial charge in [-0.1, -0.05) is 19.8 Å². The van der Waals surface area contributed by atoms with Crippen molar-refractivity contribution in [1.82, 2.24) is 14.7 Å². The van der Waals surface area contributed by atoms with Crippen LogP contribution in [0.15, 0.2) is 40.8 Å². The van der Waals surface area contributed by atoms with Gasteiger partial charge >= 0.3 is 12.1 Å². The van der Waals surface area contributed by atoms with Crippen molar-refractivity contribution < 1.29 is 29.0 Å². The van der Waals surface area contributed by atoms with Crippen LogP contribution in [-0.2, 0) is 14.3 Å². The van der Waals surface area contributed by atoms with Crippen LogP contribution >= 0.6 is 0 Å². The Kier molecular flexibility index (Phi) is 9.11. The predicted molar refractivity (Wildman–Crippen MR) is 154 cm³/mol. The molecule has 1 aromatic carbocycles.